The van der Waals surface area contributed by atoms with Crippen LogP contribution in [0.4, 0.5) is 13.2 Å². The minimum absolute atomic E-state index is 0.211. The fourth-order valence-electron chi connectivity index (χ4n) is 1.15. The Balaban J connectivity index is 2.85. The van der Waals surface area contributed by atoms with Gasteiger partial charge in [0.2, 0.25) is 0 Å². The number of phenols is 2. The number of hydrogen-bond acceptors (Lipinski definition) is 6. The molecule has 0 heterocycles. The van der Waals surface area contributed by atoms with Gasteiger partial charge in [0.05, 0.1) is 0 Å². The molecule has 0 saturated heterocycles. The number of phenolic OH excluding ortho intramolecular Hbond substituents is 2. The molecule has 0 saturated carbocycles. The number of halogens is 3. The Labute approximate surface area is 104 Å². The molecule has 1 atom stereocenters. The summed E-state index contributed by atoms with van der Waals surface area (Å²) in [4.78, 5) is 21.6. The maximum absolute atomic E-state index is 11.9. The lowest BCUT2D eigenvalue weighted by molar-refractivity contribution is -0.202. The molecule has 4 N–H and O–H groups in total. The zero-order valence-electron chi connectivity index (χ0n) is 9.14. The van der Waals surface area contributed by atoms with Gasteiger partial charge in [0.15, 0.2) is 0 Å². The quantitative estimate of drug-likeness (QED) is 0.543. The molecule has 0 amide bonds. The SMILES string of the molecule is NC(C(=O)OC(=O)C(F)(F)F)c1cc(O)cc(O)c1. The molecule has 0 fully saturated rings. The van der Waals surface area contributed by atoms with Gasteiger partial charge in [-0.2, -0.15) is 13.2 Å². The predicted molar refractivity (Wildman–Crippen MR) is 53.9 cm³/mol. The first kappa shape index (κ1) is 14.8. The van der Waals surface area contributed by atoms with Crippen molar-refractivity contribution in [2.45, 2.75) is 12.2 Å². The van der Waals surface area contributed by atoms with Gasteiger partial charge in [0, 0.05) is 6.07 Å². The Morgan fingerprint density at radius 3 is 2.05 bits per heavy atom. The van der Waals surface area contributed by atoms with Crippen molar-refractivity contribution in [1.82, 2.24) is 0 Å². The number of aromatic hydroxyl groups is 2. The summed E-state index contributed by atoms with van der Waals surface area (Å²) in [5.41, 5.74) is 5.04. The molecule has 0 aliphatic rings. The van der Waals surface area contributed by atoms with E-state index in [1.807, 2.05) is 0 Å². The lowest BCUT2D eigenvalue weighted by Crippen LogP contribution is -2.32. The van der Waals surface area contributed by atoms with Gasteiger partial charge >= 0.3 is 18.1 Å². The van der Waals surface area contributed by atoms with Crippen LogP contribution in [0.25, 0.3) is 0 Å². The number of benzene rings is 1. The van der Waals surface area contributed by atoms with Gasteiger partial charge in [-0.15, -0.1) is 0 Å². The normalized spacial score (nSPS) is 12.8. The first-order chi connectivity index (χ1) is 8.61. The minimum Gasteiger partial charge on any atom is -0.508 e. The third kappa shape index (κ3) is 3.85. The third-order valence-corrected chi connectivity index (χ3v) is 1.96. The number of nitrogens with two attached hydrogens (primary N) is 1. The zero-order valence-corrected chi connectivity index (χ0v) is 9.14. The van der Waals surface area contributed by atoms with Gasteiger partial charge in [-0.3, -0.25) is 0 Å². The Morgan fingerprint density at radius 1 is 1.16 bits per heavy atom. The molecule has 0 spiro atoms. The van der Waals surface area contributed by atoms with Crippen LogP contribution in [0, 0.1) is 0 Å². The molecule has 1 aromatic rings. The Hall–Kier alpha value is -2.29. The van der Waals surface area contributed by atoms with Crippen molar-refractivity contribution < 1.29 is 37.7 Å². The summed E-state index contributed by atoms with van der Waals surface area (Å²) in [6.07, 6.45) is -5.32. The molecule has 6 nitrogen and oxygen atoms in total. The molecular formula is C10H8F3NO5. The topological polar surface area (TPSA) is 110 Å². The zero-order chi connectivity index (χ0) is 14.8. The van der Waals surface area contributed by atoms with E-state index in [4.69, 9.17) is 15.9 Å². The summed E-state index contributed by atoms with van der Waals surface area (Å²) in [6, 6.07) is 1.03. The fourth-order valence-corrected chi connectivity index (χ4v) is 1.15. The van der Waals surface area contributed by atoms with Crippen molar-refractivity contribution in [3.8, 4) is 11.5 Å². The van der Waals surface area contributed by atoms with E-state index in [1.54, 1.807) is 0 Å². The van der Waals surface area contributed by atoms with Crippen molar-refractivity contribution in [2.24, 2.45) is 5.73 Å². The Bertz CT molecular complexity index is 494. The summed E-state index contributed by atoms with van der Waals surface area (Å²) < 4.78 is 39.1. The van der Waals surface area contributed by atoms with Crippen LogP contribution >= 0.6 is 0 Å². The average Bonchev–Trinajstić information content (AvgIpc) is 2.25. The lowest BCUT2D eigenvalue weighted by atomic mass is 10.1. The second-order valence-electron chi connectivity index (χ2n) is 3.47. The van der Waals surface area contributed by atoms with Crippen LogP contribution in [-0.4, -0.2) is 28.3 Å². The molecule has 104 valence electrons. The molecule has 0 aliphatic carbocycles. The van der Waals surface area contributed by atoms with E-state index in [-0.39, 0.29) is 5.56 Å². The van der Waals surface area contributed by atoms with E-state index >= 15 is 0 Å². The number of rotatable bonds is 2. The van der Waals surface area contributed by atoms with Crippen molar-refractivity contribution in [2.75, 3.05) is 0 Å². The first-order valence-electron chi connectivity index (χ1n) is 4.72. The highest BCUT2D eigenvalue weighted by Gasteiger charge is 2.43. The van der Waals surface area contributed by atoms with Crippen LogP contribution in [0.2, 0.25) is 0 Å². The van der Waals surface area contributed by atoms with E-state index in [0.717, 1.165) is 18.2 Å². The highest BCUT2D eigenvalue weighted by molar-refractivity contribution is 5.91. The third-order valence-electron chi connectivity index (χ3n) is 1.96. The predicted octanol–water partition coefficient (Wildman–Crippen LogP) is 0.730. The largest absolute Gasteiger partial charge is 0.508 e. The molecule has 1 rings (SSSR count). The van der Waals surface area contributed by atoms with Crippen LogP contribution in [0.1, 0.15) is 11.6 Å². The molecule has 19 heavy (non-hydrogen) atoms. The van der Waals surface area contributed by atoms with Gasteiger partial charge < -0.3 is 20.7 Å². The van der Waals surface area contributed by atoms with Crippen molar-refractivity contribution >= 4 is 11.9 Å². The second-order valence-corrected chi connectivity index (χ2v) is 3.47. The van der Waals surface area contributed by atoms with E-state index < -0.39 is 35.7 Å². The van der Waals surface area contributed by atoms with Gasteiger partial charge in [-0.25, -0.2) is 9.59 Å². The second kappa shape index (κ2) is 5.14. The summed E-state index contributed by atoms with van der Waals surface area (Å²) in [5.74, 6) is -5.27. The number of carbonyl (C=O) groups is 2. The summed E-state index contributed by atoms with van der Waals surface area (Å²) >= 11 is 0. The van der Waals surface area contributed by atoms with E-state index in [0.29, 0.717) is 0 Å². The van der Waals surface area contributed by atoms with Crippen LogP contribution in [0.3, 0.4) is 0 Å². The number of esters is 2. The van der Waals surface area contributed by atoms with Crippen LogP contribution in [0.5, 0.6) is 11.5 Å². The highest BCUT2D eigenvalue weighted by atomic mass is 19.4. The highest BCUT2D eigenvalue weighted by Crippen LogP contribution is 2.25. The van der Waals surface area contributed by atoms with Crippen LogP contribution in [0.15, 0.2) is 18.2 Å². The van der Waals surface area contributed by atoms with Gasteiger partial charge in [0.25, 0.3) is 0 Å². The number of alkyl halides is 3. The maximum Gasteiger partial charge on any atom is 0.491 e. The lowest BCUT2D eigenvalue weighted by Gasteiger charge is -2.12. The van der Waals surface area contributed by atoms with Gasteiger partial charge in [0.1, 0.15) is 17.5 Å². The summed E-state index contributed by atoms with van der Waals surface area (Å²) in [7, 11) is 0. The van der Waals surface area contributed by atoms with Crippen molar-refractivity contribution in [3.63, 3.8) is 0 Å². The molecule has 9 heteroatoms. The smallest absolute Gasteiger partial charge is 0.491 e. The molecule has 0 bridgehead atoms. The molecule has 0 aliphatic heterocycles. The monoisotopic (exact) mass is 279 g/mol. The van der Waals surface area contributed by atoms with E-state index in [2.05, 4.69) is 4.74 Å². The van der Waals surface area contributed by atoms with Crippen molar-refractivity contribution in [3.05, 3.63) is 23.8 Å². The molecule has 0 radical (unpaired) electrons. The van der Waals surface area contributed by atoms with E-state index in [9.17, 15) is 22.8 Å². The Morgan fingerprint density at radius 2 is 1.63 bits per heavy atom. The van der Waals surface area contributed by atoms with Crippen LogP contribution < -0.4 is 5.73 Å². The van der Waals surface area contributed by atoms with Gasteiger partial charge in [-0.1, -0.05) is 0 Å². The maximum atomic E-state index is 11.9. The fraction of sp³-hybridized carbons (Fsp3) is 0.200. The molecule has 1 unspecified atom stereocenters. The number of ether oxygens (including phenoxy) is 1. The summed E-state index contributed by atoms with van der Waals surface area (Å²) in [6.45, 7) is 0. The van der Waals surface area contributed by atoms with Crippen molar-refractivity contribution in [1.29, 1.82) is 0 Å². The summed E-state index contributed by atoms with van der Waals surface area (Å²) in [5, 5.41) is 18.2. The molecule has 1 aromatic carbocycles. The number of hydrogen-bond donors (Lipinski definition) is 3. The van der Waals surface area contributed by atoms with E-state index in [1.165, 1.54) is 0 Å². The standard InChI is InChI=1S/C10H8F3NO5/c11-10(12,13)9(18)19-8(17)7(14)4-1-5(15)3-6(16)2-4/h1-3,7,15-16H,14H2. The van der Waals surface area contributed by atoms with Crippen LogP contribution in [-0.2, 0) is 14.3 Å². The minimum atomic E-state index is -5.32. The molecular weight excluding hydrogens is 271 g/mol. The number of carbonyl (C=O) groups excluding carboxylic acids is 2. The molecule has 0 aromatic heterocycles. The Kier molecular flexibility index (Phi) is 4.00. The first-order valence-corrected chi connectivity index (χ1v) is 4.72. The van der Waals surface area contributed by atoms with Gasteiger partial charge in [-0.05, 0) is 17.7 Å². The average molecular weight is 279 g/mol.